The Morgan fingerprint density at radius 3 is 1.57 bits per heavy atom. The van der Waals surface area contributed by atoms with E-state index in [1.54, 1.807) is 0 Å². The van der Waals surface area contributed by atoms with Crippen LogP contribution in [-0.2, 0) is 0 Å². The summed E-state index contributed by atoms with van der Waals surface area (Å²) in [6, 6.07) is 4.34. The minimum Gasteiger partial charge on any atom is -0.389 e. The lowest BCUT2D eigenvalue weighted by Crippen LogP contribution is -2.29. The molecule has 1 aromatic rings. The molecule has 3 heteroatoms. The van der Waals surface area contributed by atoms with Crippen molar-refractivity contribution in [1.29, 1.82) is 0 Å². The third kappa shape index (κ3) is 4.06. The van der Waals surface area contributed by atoms with Crippen LogP contribution in [0.2, 0.25) is 0 Å². The van der Waals surface area contributed by atoms with Crippen molar-refractivity contribution in [1.82, 2.24) is 0 Å². The highest BCUT2D eigenvalue weighted by atomic mass is 16.3. The van der Waals surface area contributed by atoms with E-state index in [4.69, 9.17) is 5.73 Å². The van der Waals surface area contributed by atoms with Crippen LogP contribution in [0.5, 0.6) is 0 Å². The number of hydrogen-bond acceptors (Lipinski definition) is 3. The van der Waals surface area contributed by atoms with Crippen molar-refractivity contribution < 1.29 is 10.2 Å². The number of hydrogen-bond donors (Lipinski definition) is 3. The molecule has 1 rings (SSSR count). The summed E-state index contributed by atoms with van der Waals surface area (Å²) in [5, 5.41) is 20.5. The molecule has 2 atom stereocenters. The Morgan fingerprint density at radius 2 is 1.29 bits per heavy atom. The summed E-state index contributed by atoms with van der Waals surface area (Å²) in [4.78, 5) is 0. The zero-order valence-electron chi connectivity index (χ0n) is 14.2. The number of aliphatic hydroxyl groups is 2. The van der Waals surface area contributed by atoms with Gasteiger partial charge >= 0.3 is 0 Å². The first-order valence-electron chi connectivity index (χ1n) is 7.94. The van der Waals surface area contributed by atoms with Gasteiger partial charge < -0.3 is 15.9 Å². The first-order valence-corrected chi connectivity index (χ1v) is 7.94. The molecule has 0 radical (unpaired) electrons. The van der Waals surface area contributed by atoms with E-state index in [1.807, 2.05) is 0 Å². The normalized spacial score (nSPS) is 15.0. The van der Waals surface area contributed by atoms with Gasteiger partial charge in [0.1, 0.15) is 6.10 Å². The molecule has 0 saturated heterocycles. The Labute approximate surface area is 129 Å². The topological polar surface area (TPSA) is 66.5 Å². The van der Waals surface area contributed by atoms with E-state index in [-0.39, 0.29) is 18.4 Å². The van der Waals surface area contributed by atoms with E-state index in [1.165, 1.54) is 5.56 Å². The smallest absolute Gasteiger partial charge is 0.107 e. The van der Waals surface area contributed by atoms with Crippen molar-refractivity contribution in [2.45, 2.75) is 71.5 Å². The predicted molar refractivity (Wildman–Crippen MR) is 88.7 cm³/mol. The maximum absolute atomic E-state index is 10.5. The van der Waals surface area contributed by atoms with Gasteiger partial charge in [0, 0.05) is 6.54 Å². The summed E-state index contributed by atoms with van der Waals surface area (Å²) < 4.78 is 0. The second-order valence-corrected chi connectivity index (χ2v) is 6.83. The maximum Gasteiger partial charge on any atom is 0.107 e. The van der Waals surface area contributed by atoms with Crippen LogP contribution < -0.4 is 5.73 Å². The summed E-state index contributed by atoms with van der Waals surface area (Å²) in [7, 11) is 0. The number of aliphatic hydroxyl groups excluding tert-OH is 2. The van der Waals surface area contributed by atoms with Crippen LogP contribution in [0.15, 0.2) is 12.1 Å². The first-order chi connectivity index (χ1) is 9.70. The zero-order chi connectivity index (χ0) is 16.3. The van der Waals surface area contributed by atoms with Gasteiger partial charge in [0.2, 0.25) is 0 Å². The molecule has 21 heavy (non-hydrogen) atoms. The Hall–Kier alpha value is -0.900. The molecular weight excluding hydrogens is 262 g/mol. The minimum atomic E-state index is -0.926. The van der Waals surface area contributed by atoms with Crippen LogP contribution >= 0.6 is 0 Å². The van der Waals surface area contributed by atoms with Crippen LogP contribution in [0.3, 0.4) is 0 Å². The van der Waals surface area contributed by atoms with Gasteiger partial charge in [-0.15, -0.1) is 0 Å². The zero-order valence-corrected chi connectivity index (χ0v) is 14.2. The SMILES string of the molecule is CC(C)c1cc(C(C)C)c(C(O)C(O)CN)c(C(C)C)c1. The Bertz CT molecular complexity index is 437. The summed E-state index contributed by atoms with van der Waals surface area (Å²) in [6.07, 6.45) is -1.85. The molecule has 0 aromatic heterocycles. The lowest BCUT2D eigenvalue weighted by Gasteiger charge is -2.28. The van der Waals surface area contributed by atoms with Gasteiger partial charge in [0.25, 0.3) is 0 Å². The maximum atomic E-state index is 10.5. The molecule has 2 unspecified atom stereocenters. The standard InChI is InChI=1S/C18H31NO2/c1-10(2)13-7-14(11(3)4)17(15(8-13)12(5)6)18(21)16(20)9-19/h7-8,10-12,16,18,20-21H,9,19H2,1-6H3. The van der Waals surface area contributed by atoms with Crippen LogP contribution in [-0.4, -0.2) is 22.9 Å². The van der Waals surface area contributed by atoms with Gasteiger partial charge in [-0.2, -0.15) is 0 Å². The monoisotopic (exact) mass is 293 g/mol. The molecule has 120 valence electrons. The fourth-order valence-corrected chi connectivity index (χ4v) is 2.67. The molecule has 0 fully saturated rings. The van der Waals surface area contributed by atoms with Crippen molar-refractivity contribution in [3.8, 4) is 0 Å². The van der Waals surface area contributed by atoms with Crippen LogP contribution in [0.1, 0.15) is 87.7 Å². The highest BCUT2D eigenvalue weighted by Crippen LogP contribution is 2.36. The molecule has 0 saturated carbocycles. The summed E-state index contributed by atoms with van der Waals surface area (Å²) in [5.74, 6) is 1.01. The highest BCUT2D eigenvalue weighted by molar-refractivity contribution is 5.45. The van der Waals surface area contributed by atoms with Gasteiger partial charge in [0.15, 0.2) is 0 Å². The Balaban J connectivity index is 3.57. The second-order valence-electron chi connectivity index (χ2n) is 6.83. The van der Waals surface area contributed by atoms with Crippen LogP contribution in [0.25, 0.3) is 0 Å². The average molecular weight is 293 g/mol. The van der Waals surface area contributed by atoms with E-state index < -0.39 is 12.2 Å². The lowest BCUT2D eigenvalue weighted by molar-refractivity contribution is 0.0230. The van der Waals surface area contributed by atoms with Gasteiger partial charge in [-0.3, -0.25) is 0 Å². The molecule has 0 aliphatic heterocycles. The number of benzene rings is 1. The summed E-state index contributed by atoms with van der Waals surface area (Å²) in [6.45, 7) is 12.9. The molecule has 0 bridgehead atoms. The molecule has 0 heterocycles. The molecule has 4 N–H and O–H groups in total. The van der Waals surface area contributed by atoms with E-state index in [0.717, 1.165) is 16.7 Å². The van der Waals surface area contributed by atoms with Gasteiger partial charge in [-0.25, -0.2) is 0 Å². The van der Waals surface area contributed by atoms with E-state index >= 15 is 0 Å². The summed E-state index contributed by atoms with van der Waals surface area (Å²) in [5.41, 5.74) is 9.90. The largest absolute Gasteiger partial charge is 0.389 e. The molecule has 1 aromatic carbocycles. The molecular formula is C18H31NO2. The second kappa shape index (κ2) is 7.39. The third-order valence-corrected chi connectivity index (χ3v) is 4.08. The van der Waals surface area contributed by atoms with E-state index in [2.05, 4.69) is 53.7 Å². The van der Waals surface area contributed by atoms with Crippen molar-refractivity contribution >= 4 is 0 Å². The average Bonchev–Trinajstić information content (AvgIpc) is 2.43. The molecule has 0 amide bonds. The fraction of sp³-hybridized carbons (Fsp3) is 0.667. The van der Waals surface area contributed by atoms with Crippen molar-refractivity contribution in [3.63, 3.8) is 0 Å². The Kier molecular flexibility index (Phi) is 6.39. The van der Waals surface area contributed by atoms with Gasteiger partial charge in [0.05, 0.1) is 6.10 Å². The Morgan fingerprint density at radius 1 is 0.857 bits per heavy atom. The van der Waals surface area contributed by atoms with Crippen LogP contribution in [0, 0.1) is 0 Å². The first kappa shape index (κ1) is 18.1. The predicted octanol–water partition coefficient (Wildman–Crippen LogP) is 3.41. The number of nitrogens with two attached hydrogens (primary N) is 1. The van der Waals surface area contributed by atoms with Crippen molar-refractivity contribution in [2.24, 2.45) is 5.73 Å². The minimum absolute atomic E-state index is 0.0577. The molecule has 3 nitrogen and oxygen atoms in total. The highest BCUT2D eigenvalue weighted by Gasteiger charge is 2.26. The van der Waals surface area contributed by atoms with Crippen molar-refractivity contribution in [3.05, 3.63) is 34.4 Å². The van der Waals surface area contributed by atoms with Gasteiger partial charge in [-0.05, 0) is 40.0 Å². The lowest BCUT2D eigenvalue weighted by atomic mass is 9.81. The van der Waals surface area contributed by atoms with E-state index in [0.29, 0.717) is 5.92 Å². The number of rotatable bonds is 6. The van der Waals surface area contributed by atoms with E-state index in [9.17, 15) is 10.2 Å². The quantitative estimate of drug-likeness (QED) is 0.753. The fourth-order valence-electron chi connectivity index (χ4n) is 2.67. The summed E-state index contributed by atoms with van der Waals surface area (Å²) >= 11 is 0. The molecule has 0 spiro atoms. The molecule has 0 aliphatic rings. The van der Waals surface area contributed by atoms with Gasteiger partial charge in [-0.1, -0.05) is 53.7 Å². The van der Waals surface area contributed by atoms with Crippen molar-refractivity contribution in [2.75, 3.05) is 6.54 Å². The van der Waals surface area contributed by atoms with Crippen LogP contribution in [0.4, 0.5) is 0 Å². The molecule has 0 aliphatic carbocycles. The third-order valence-electron chi connectivity index (χ3n) is 4.08.